The molecule has 1 saturated carbocycles. The monoisotopic (exact) mass is 287 g/mol. The number of hydrogen-bond acceptors (Lipinski definition) is 5. The van der Waals surface area contributed by atoms with Gasteiger partial charge in [0.25, 0.3) is 0 Å². The van der Waals surface area contributed by atoms with Gasteiger partial charge >= 0.3 is 0 Å². The molecule has 0 radical (unpaired) electrons. The zero-order valence-corrected chi connectivity index (χ0v) is 12.5. The summed E-state index contributed by atoms with van der Waals surface area (Å²) >= 11 is 0. The molecule has 0 amide bonds. The molecule has 1 N–H and O–H groups in total. The lowest BCUT2D eigenvalue weighted by atomic mass is 9.93. The Morgan fingerprint density at radius 1 is 1.14 bits per heavy atom. The van der Waals surface area contributed by atoms with Crippen LogP contribution in [0.5, 0.6) is 11.6 Å². The SMILES string of the molecule is CNC1CCC(Oc2ncnc3cc(OC)ccc23)CC1. The summed E-state index contributed by atoms with van der Waals surface area (Å²) < 4.78 is 11.3. The lowest BCUT2D eigenvalue weighted by Crippen LogP contribution is -2.34. The van der Waals surface area contributed by atoms with Crippen molar-refractivity contribution in [1.82, 2.24) is 15.3 Å². The molecule has 1 heterocycles. The molecule has 1 aromatic heterocycles. The van der Waals surface area contributed by atoms with Gasteiger partial charge in [-0.1, -0.05) is 0 Å². The van der Waals surface area contributed by atoms with Crippen molar-refractivity contribution < 1.29 is 9.47 Å². The Kier molecular flexibility index (Phi) is 4.20. The van der Waals surface area contributed by atoms with E-state index < -0.39 is 0 Å². The summed E-state index contributed by atoms with van der Waals surface area (Å²) in [5.74, 6) is 1.47. The van der Waals surface area contributed by atoms with Crippen molar-refractivity contribution in [2.75, 3.05) is 14.2 Å². The zero-order chi connectivity index (χ0) is 14.7. The third-order valence-corrected chi connectivity index (χ3v) is 4.17. The summed E-state index contributed by atoms with van der Waals surface area (Å²) in [4.78, 5) is 8.59. The predicted molar refractivity (Wildman–Crippen MR) is 81.8 cm³/mol. The van der Waals surface area contributed by atoms with Crippen LogP contribution < -0.4 is 14.8 Å². The van der Waals surface area contributed by atoms with Gasteiger partial charge in [0, 0.05) is 12.1 Å². The molecule has 1 aromatic carbocycles. The van der Waals surface area contributed by atoms with Gasteiger partial charge in [-0.05, 0) is 44.9 Å². The van der Waals surface area contributed by atoms with Crippen LogP contribution in [-0.4, -0.2) is 36.3 Å². The zero-order valence-electron chi connectivity index (χ0n) is 12.5. The number of nitrogens with zero attached hydrogens (tertiary/aromatic N) is 2. The van der Waals surface area contributed by atoms with Crippen LogP contribution in [0.25, 0.3) is 10.9 Å². The van der Waals surface area contributed by atoms with Gasteiger partial charge in [-0.25, -0.2) is 9.97 Å². The van der Waals surface area contributed by atoms with Gasteiger partial charge in [0.15, 0.2) is 0 Å². The quantitative estimate of drug-likeness (QED) is 0.936. The van der Waals surface area contributed by atoms with Crippen LogP contribution in [0.15, 0.2) is 24.5 Å². The van der Waals surface area contributed by atoms with Gasteiger partial charge in [0.1, 0.15) is 18.2 Å². The van der Waals surface area contributed by atoms with Crippen molar-refractivity contribution in [3.8, 4) is 11.6 Å². The van der Waals surface area contributed by atoms with Crippen molar-refractivity contribution in [2.24, 2.45) is 0 Å². The van der Waals surface area contributed by atoms with Gasteiger partial charge in [0.05, 0.1) is 18.0 Å². The van der Waals surface area contributed by atoms with Crippen LogP contribution in [0, 0.1) is 0 Å². The van der Waals surface area contributed by atoms with Crippen molar-refractivity contribution in [3.05, 3.63) is 24.5 Å². The highest BCUT2D eigenvalue weighted by Crippen LogP contribution is 2.28. The molecule has 2 aromatic rings. The number of ether oxygens (including phenoxy) is 2. The Morgan fingerprint density at radius 3 is 2.67 bits per heavy atom. The summed E-state index contributed by atoms with van der Waals surface area (Å²) in [5.41, 5.74) is 0.850. The van der Waals surface area contributed by atoms with Gasteiger partial charge < -0.3 is 14.8 Å². The smallest absolute Gasteiger partial charge is 0.224 e. The average molecular weight is 287 g/mol. The van der Waals surface area contributed by atoms with E-state index in [1.54, 1.807) is 13.4 Å². The average Bonchev–Trinajstić information content (AvgIpc) is 2.55. The normalized spacial score (nSPS) is 22.2. The Morgan fingerprint density at radius 2 is 1.95 bits per heavy atom. The van der Waals surface area contributed by atoms with E-state index in [2.05, 4.69) is 15.3 Å². The molecule has 1 aliphatic rings. The van der Waals surface area contributed by atoms with Crippen LogP contribution >= 0.6 is 0 Å². The fourth-order valence-electron chi connectivity index (χ4n) is 2.86. The third-order valence-electron chi connectivity index (χ3n) is 4.17. The van der Waals surface area contributed by atoms with Crippen LogP contribution in [-0.2, 0) is 0 Å². The van der Waals surface area contributed by atoms with E-state index in [0.717, 1.165) is 42.3 Å². The molecule has 0 unspecified atom stereocenters. The van der Waals surface area contributed by atoms with Crippen molar-refractivity contribution in [3.63, 3.8) is 0 Å². The number of rotatable bonds is 4. The predicted octanol–water partition coefficient (Wildman–Crippen LogP) is 2.55. The largest absolute Gasteiger partial charge is 0.497 e. The minimum Gasteiger partial charge on any atom is -0.497 e. The summed E-state index contributed by atoms with van der Waals surface area (Å²) in [6, 6.07) is 6.40. The standard InChI is InChI=1S/C16H21N3O2/c1-17-11-3-5-12(6-4-11)21-16-14-8-7-13(20-2)9-15(14)18-10-19-16/h7-12,17H,3-6H2,1-2H3. The summed E-state index contributed by atoms with van der Waals surface area (Å²) in [6.07, 6.45) is 6.22. The molecule has 0 atom stereocenters. The molecule has 0 saturated heterocycles. The molecule has 21 heavy (non-hydrogen) atoms. The number of methoxy groups -OCH3 is 1. The number of fused-ring (bicyclic) bond motifs is 1. The first-order valence-electron chi connectivity index (χ1n) is 7.43. The molecule has 5 nitrogen and oxygen atoms in total. The first kappa shape index (κ1) is 14.1. The Bertz CT molecular complexity index is 609. The fraction of sp³-hybridized carbons (Fsp3) is 0.500. The maximum absolute atomic E-state index is 6.12. The number of nitrogens with one attached hydrogen (secondary N) is 1. The lowest BCUT2D eigenvalue weighted by molar-refractivity contribution is 0.138. The van der Waals surface area contributed by atoms with Crippen molar-refractivity contribution in [1.29, 1.82) is 0 Å². The third kappa shape index (κ3) is 3.08. The maximum Gasteiger partial charge on any atom is 0.224 e. The summed E-state index contributed by atoms with van der Waals surface area (Å²) in [7, 11) is 3.68. The highest BCUT2D eigenvalue weighted by molar-refractivity contribution is 5.84. The van der Waals surface area contributed by atoms with E-state index in [-0.39, 0.29) is 6.10 Å². The molecule has 3 rings (SSSR count). The number of benzene rings is 1. The van der Waals surface area contributed by atoms with Crippen LogP contribution in [0.1, 0.15) is 25.7 Å². The van der Waals surface area contributed by atoms with E-state index in [4.69, 9.17) is 9.47 Å². The van der Waals surface area contributed by atoms with Gasteiger partial charge in [-0.2, -0.15) is 0 Å². The molecule has 0 bridgehead atoms. The van der Waals surface area contributed by atoms with E-state index in [1.165, 1.54) is 0 Å². The first-order valence-corrected chi connectivity index (χ1v) is 7.43. The fourth-order valence-corrected chi connectivity index (χ4v) is 2.86. The number of hydrogen-bond donors (Lipinski definition) is 1. The second-order valence-electron chi connectivity index (χ2n) is 5.44. The van der Waals surface area contributed by atoms with Crippen LogP contribution in [0.2, 0.25) is 0 Å². The van der Waals surface area contributed by atoms with Crippen LogP contribution in [0.4, 0.5) is 0 Å². The Balaban J connectivity index is 1.78. The summed E-state index contributed by atoms with van der Waals surface area (Å²) in [6.45, 7) is 0. The second kappa shape index (κ2) is 6.26. The van der Waals surface area contributed by atoms with Gasteiger partial charge in [0.2, 0.25) is 5.88 Å². The molecule has 0 spiro atoms. The molecule has 1 aliphatic carbocycles. The van der Waals surface area contributed by atoms with E-state index in [0.29, 0.717) is 11.9 Å². The molecule has 5 heteroatoms. The Hall–Kier alpha value is -1.88. The summed E-state index contributed by atoms with van der Waals surface area (Å²) in [5, 5.41) is 4.27. The highest BCUT2D eigenvalue weighted by atomic mass is 16.5. The maximum atomic E-state index is 6.12. The molecule has 112 valence electrons. The van der Waals surface area contributed by atoms with Crippen molar-refractivity contribution in [2.45, 2.75) is 37.8 Å². The van der Waals surface area contributed by atoms with E-state index in [1.807, 2.05) is 25.2 Å². The highest BCUT2D eigenvalue weighted by Gasteiger charge is 2.22. The Labute approximate surface area is 124 Å². The van der Waals surface area contributed by atoms with Gasteiger partial charge in [-0.3, -0.25) is 0 Å². The second-order valence-corrected chi connectivity index (χ2v) is 5.44. The molecule has 0 aliphatic heterocycles. The minimum absolute atomic E-state index is 0.245. The first-order chi connectivity index (χ1) is 10.3. The minimum atomic E-state index is 0.245. The molecular weight excluding hydrogens is 266 g/mol. The van der Waals surface area contributed by atoms with Gasteiger partial charge in [-0.15, -0.1) is 0 Å². The lowest BCUT2D eigenvalue weighted by Gasteiger charge is -2.28. The van der Waals surface area contributed by atoms with E-state index >= 15 is 0 Å². The van der Waals surface area contributed by atoms with E-state index in [9.17, 15) is 0 Å². The molecule has 1 fully saturated rings. The topological polar surface area (TPSA) is 56.3 Å². The number of aromatic nitrogens is 2. The van der Waals surface area contributed by atoms with Crippen molar-refractivity contribution >= 4 is 10.9 Å². The molecular formula is C16H21N3O2. The van der Waals surface area contributed by atoms with Crippen LogP contribution in [0.3, 0.4) is 0 Å².